The van der Waals surface area contributed by atoms with Gasteiger partial charge in [0.05, 0.1) is 11.1 Å². The predicted octanol–water partition coefficient (Wildman–Crippen LogP) is 4.74. The van der Waals surface area contributed by atoms with E-state index in [0.717, 1.165) is 12.7 Å². The molecule has 1 aromatic rings. The molecule has 0 saturated carbocycles. The lowest BCUT2D eigenvalue weighted by Crippen LogP contribution is -2.38. The Labute approximate surface area is 167 Å². The highest BCUT2D eigenvalue weighted by Gasteiger charge is 2.44. The van der Waals surface area contributed by atoms with Crippen molar-refractivity contribution in [3.8, 4) is 5.75 Å². The van der Waals surface area contributed by atoms with Gasteiger partial charge in [0.1, 0.15) is 11.5 Å². The van der Waals surface area contributed by atoms with Crippen LogP contribution in [0.4, 0.5) is 26.3 Å². The highest BCUT2D eigenvalue weighted by Crippen LogP contribution is 2.52. The van der Waals surface area contributed by atoms with Crippen LogP contribution in [-0.2, 0) is 25.6 Å². The van der Waals surface area contributed by atoms with Crippen molar-refractivity contribution in [3.63, 3.8) is 0 Å². The normalized spacial score (nSPS) is 19.0. The zero-order chi connectivity index (χ0) is 22.3. The molecule has 0 fully saturated rings. The van der Waals surface area contributed by atoms with Gasteiger partial charge >= 0.3 is 12.5 Å². The molecule has 13 heteroatoms. The van der Waals surface area contributed by atoms with Crippen molar-refractivity contribution >= 4 is 29.8 Å². The maximum atomic E-state index is 12.7. The lowest BCUT2D eigenvalue weighted by Gasteiger charge is -2.28. The number of para-hydroxylation sites is 1. The Kier molecular flexibility index (Phi) is 6.33. The molecule has 1 N–H and O–H groups in total. The van der Waals surface area contributed by atoms with Crippen LogP contribution in [0.15, 0.2) is 30.0 Å². The van der Waals surface area contributed by atoms with Crippen molar-refractivity contribution in [2.24, 2.45) is 0 Å². The highest BCUT2D eigenvalue weighted by molar-refractivity contribution is 8.09. The second kappa shape index (κ2) is 7.81. The molecule has 0 aliphatic carbocycles. The van der Waals surface area contributed by atoms with Crippen molar-refractivity contribution in [2.45, 2.75) is 31.9 Å². The molecule has 1 unspecified atom stereocenters. The highest BCUT2D eigenvalue weighted by atomic mass is 32.5. The number of benzene rings is 1. The Hall–Kier alpha value is -1.78. The van der Waals surface area contributed by atoms with Crippen LogP contribution < -0.4 is 10.1 Å². The van der Waals surface area contributed by atoms with Gasteiger partial charge in [-0.2, -0.15) is 13.2 Å². The van der Waals surface area contributed by atoms with Crippen LogP contribution in [0.1, 0.15) is 19.4 Å². The van der Waals surface area contributed by atoms with Crippen molar-refractivity contribution in [1.29, 1.82) is 0 Å². The smallest absolute Gasteiger partial charge is 0.445 e. The van der Waals surface area contributed by atoms with Crippen LogP contribution in [0.3, 0.4) is 0 Å². The molecule has 1 aliphatic heterocycles. The number of hydrogen-bond donors (Lipinski definition) is 1. The average Bonchev–Trinajstić information content (AvgIpc) is 2.72. The van der Waals surface area contributed by atoms with E-state index in [4.69, 9.17) is 16.3 Å². The number of ether oxygens (including phenoxy) is 1. The summed E-state index contributed by atoms with van der Waals surface area (Å²) in [5.74, 6) is -1.70. The Bertz CT molecular complexity index is 881. The summed E-state index contributed by atoms with van der Waals surface area (Å²) in [5.41, 5.74) is -1.85. The standard InChI is InChI=1S/C16H16F6NO4PS/c1-14(2)12(27-28(3,29)25-8-15(17,18)19)11(13(24)23-14)9-6-4-5-7-10(9)26-16(20,21)22/h4-7H,8H2,1-3H3,(H,23,24). The second-order valence-corrected chi connectivity index (χ2v) is 10.6. The van der Waals surface area contributed by atoms with Crippen molar-refractivity contribution in [1.82, 2.24) is 5.32 Å². The van der Waals surface area contributed by atoms with E-state index in [1.54, 1.807) is 0 Å². The van der Waals surface area contributed by atoms with Crippen LogP contribution >= 0.6 is 6.49 Å². The van der Waals surface area contributed by atoms with Crippen molar-refractivity contribution in [2.75, 3.05) is 13.3 Å². The molecule has 0 bridgehead atoms. The molecule has 1 aliphatic rings. The quantitative estimate of drug-likeness (QED) is 0.488. The van der Waals surface area contributed by atoms with E-state index in [2.05, 4.69) is 14.6 Å². The number of hydrogen-bond acceptors (Lipinski definition) is 5. The first kappa shape index (κ1) is 23.5. The Balaban J connectivity index is 2.52. The summed E-state index contributed by atoms with van der Waals surface area (Å²) in [6.45, 7) is -1.19. The minimum atomic E-state index is -5.03. The first-order valence-corrected chi connectivity index (χ1v) is 11.0. The van der Waals surface area contributed by atoms with E-state index in [1.807, 2.05) is 0 Å². The maximum absolute atomic E-state index is 12.7. The van der Waals surface area contributed by atoms with Gasteiger partial charge in [-0.3, -0.25) is 4.79 Å². The van der Waals surface area contributed by atoms with E-state index in [-0.39, 0.29) is 16.9 Å². The van der Waals surface area contributed by atoms with Gasteiger partial charge in [-0.1, -0.05) is 18.2 Å². The Morgan fingerprint density at radius 1 is 1.14 bits per heavy atom. The first-order chi connectivity index (χ1) is 13.0. The van der Waals surface area contributed by atoms with E-state index in [0.29, 0.717) is 0 Å². The molecule has 1 atom stereocenters. The van der Waals surface area contributed by atoms with Crippen molar-refractivity contribution < 1.29 is 44.9 Å². The summed E-state index contributed by atoms with van der Waals surface area (Å²) in [6.07, 6.45) is -9.69. The number of amides is 1. The molecule has 29 heavy (non-hydrogen) atoms. The molecule has 1 heterocycles. The van der Waals surface area contributed by atoms with Crippen LogP contribution in [0.2, 0.25) is 0 Å². The van der Waals surface area contributed by atoms with E-state index >= 15 is 0 Å². The fourth-order valence-corrected chi connectivity index (χ4v) is 3.96. The third-order valence-corrected chi connectivity index (χ3v) is 5.20. The maximum Gasteiger partial charge on any atom is 0.573 e. The molecule has 0 aromatic heterocycles. The minimum absolute atomic E-state index is 0.228. The number of carbonyl (C=O) groups is 1. The number of nitrogens with one attached hydrogen (secondary N) is 1. The summed E-state index contributed by atoms with van der Waals surface area (Å²) in [7, 11) is 0. The van der Waals surface area contributed by atoms with Crippen LogP contribution in [0, 0.1) is 0 Å². The summed E-state index contributed by atoms with van der Waals surface area (Å²) in [5, 5.41) is 2.50. The van der Waals surface area contributed by atoms with Gasteiger partial charge in [-0.25, -0.2) is 0 Å². The molecule has 1 aromatic carbocycles. The zero-order valence-corrected chi connectivity index (χ0v) is 17.0. The molecule has 0 spiro atoms. The topological polar surface area (TPSA) is 56.8 Å². The van der Waals surface area contributed by atoms with Crippen molar-refractivity contribution in [3.05, 3.63) is 35.6 Å². The lowest BCUT2D eigenvalue weighted by molar-refractivity contribution is -0.274. The van der Waals surface area contributed by atoms with Gasteiger partial charge in [0.25, 0.3) is 5.91 Å². The zero-order valence-electron chi connectivity index (χ0n) is 15.3. The molecular formula is C16H16F6NO4PS. The van der Waals surface area contributed by atoms with E-state index in [1.165, 1.54) is 32.0 Å². The van der Waals surface area contributed by atoms with Gasteiger partial charge in [0, 0.05) is 12.2 Å². The van der Waals surface area contributed by atoms with Gasteiger partial charge in [-0.15, -0.1) is 13.2 Å². The number of halogens is 6. The largest absolute Gasteiger partial charge is 0.573 e. The van der Waals surface area contributed by atoms with Gasteiger partial charge in [0.2, 0.25) is 6.49 Å². The fourth-order valence-electron chi connectivity index (χ4n) is 2.49. The van der Waals surface area contributed by atoms with Crippen LogP contribution in [-0.4, -0.2) is 37.3 Å². The fraction of sp³-hybridized carbons (Fsp3) is 0.438. The molecule has 0 radical (unpaired) electrons. The van der Waals surface area contributed by atoms with Gasteiger partial charge < -0.3 is 19.1 Å². The Morgan fingerprint density at radius 2 is 1.72 bits per heavy atom. The number of alkyl halides is 6. The molecule has 5 nitrogen and oxygen atoms in total. The van der Waals surface area contributed by atoms with Gasteiger partial charge in [-0.05, 0) is 31.7 Å². The predicted molar refractivity (Wildman–Crippen MR) is 95.6 cm³/mol. The lowest BCUT2D eigenvalue weighted by atomic mass is 9.99. The van der Waals surface area contributed by atoms with Crippen LogP contribution in [0.25, 0.3) is 5.57 Å². The first-order valence-electron chi connectivity index (χ1n) is 7.91. The monoisotopic (exact) mass is 463 g/mol. The average molecular weight is 463 g/mol. The third-order valence-electron chi connectivity index (χ3n) is 3.55. The summed E-state index contributed by atoms with van der Waals surface area (Å²) in [6, 6.07) is 4.81. The third kappa shape index (κ3) is 6.35. The molecular weight excluding hydrogens is 447 g/mol. The minimum Gasteiger partial charge on any atom is -0.445 e. The SMILES string of the molecule is CC1(C)NC(=O)C(c2ccccc2OC(F)(F)F)=C1OP(C)(=S)OCC(F)(F)F. The molecule has 0 saturated heterocycles. The van der Waals surface area contributed by atoms with Gasteiger partial charge in [0.15, 0.2) is 6.61 Å². The number of rotatable bonds is 6. The number of carbonyl (C=O) groups excluding carboxylic acids is 1. The van der Waals surface area contributed by atoms with Crippen LogP contribution in [0.5, 0.6) is 5.75 Å². The second-order valence-electron chi connectivity index (χ2n) is 6.58. The molecule has 2 rings (SSSR count). The van der Waals surface area contributed by atoms with E-state index in [9.17, 15) is 31.1 Å². The summed E-state index contributed by atoms with van der Waals surface area (Å²) < 4.78 is 89.7. The summed E-state index contributed by atoms with van der Waals surface area (Å²) in [4.78, 5) is 12.5. The summed E-state index contributed by atoms with van der Waals surface area (Å²) >= 11 is 4.99. The Morgan fingerprint density at radius 3 is 2.28 bits per heavy atom. The molecule has 162 valence electrons. The van der Waals surface area contributed by atoms with E-state index < -0.39 is 42.8 Å². The molecule has 1 amide bonds.